The Bertz CT molecular complexity index is 460. The number of aromatic nitrogens is 2. The smallest absolute Gasteiger partial charge is 0.364 e. The van der Waals surface area contributed by atoms with Gasteiger partial charge in [0.1, 0.15) is 5.69 Å². The Balaban J connectivity index is 2.03. The van der Waals surface area contributed by atoms with E-state index in [1.54, 1.807) is 10.8 Å². The molecule has 1 aliphatic rings. The van der Waals surface area contributed by atoms with Gasteiger partial charge in [0.2, 0.25) is 5.95 Å². The molecule has 0 saturated heterocycles. The van der Waals surface area contributed by atoms with E-state index in [4.69, 9.17) is 10.6 Å². The highest BCUT2D eigenvalue weighted by Gasteiger charge is 2.23. The van der Waals surface area contributed by atoms with Crippen LogP contribution in [0.4, 0.5) is 5.95 Å². The lowest BCUT2D eigenvalue weighted by atomic mass is 10.1. The fraction of sp³-hybridized carbons (Fsp3) is 0.500. The summed E-state index contributed by atoms with van der Waals surface area (Å²) < 4.78 is 12.3. The maximum atomic E-state index is 10.9. The number of rotatable bonds is 4. The molecule has 0 fully saturated rings. The first-order valence-electron chi connectivity index (χ1n) is 5.06. The lowest BCUT2D eigenvalue weighted by Gasteiger charge is -2.23. The molecule has 9 heteroatoms. The summed E-state index contributed by atoms with van der Waals surface area (Å²) in [6, 6.07) is 0. The molecule has 8 nitrogen and oxygen atoms in total. The number of amides is 1. The predicted molar refractivity (Wildman–Crippen MR) is 60.6 cm³/mol. The molecular weight excluding hydrogens is 245 g/mol. The van der Waals surface area contributed by atoms with Crippen molar-refractivity contribution in [1.29, 1.82) is 0 Å². The second kappa shape index (κ2) is 4.79. The first-order valence-corrected chi connectivity index (χ1v) is 6.28. The van der Waals surface area contributed by atoms with E-state index >= 15 is 0 Å². The molecule has 92 valence electrons. The molecule has 0 spiro atoms. The Labute approximate surface area is 98.1 Å². The Morgan fingerprint density at radius 1 is 1.82 bits per heavy atom. The van der Waals surface area contributed by atoms with Crippen LogP contribution in [0.2, 0.25) is 0 Å². The van der Waals surface area contributed by atoms with Crippen LogP contribution < -0.4 is 16.1 Å². The van der Waals surface area contributed by atoms with Crippen LogP contribution >= 0.6 is 8.18 Å². The van der Waals surface area contributed by atoms with Crippen molar-refractivity contribution in [2.24, 2.45) is 11.7 Å². The van der Waals surface area contributed by atoms with Gasteiger partial charge in [-0.05, 0) is 4.57 Å². The number of nitrogens with two attached hydrogens (primary N) is 1. The Kier molecular flexibility index (Phi) is 3.37. The number of fused-ring (bicyclic) bond motifs is 1. The summed E-state index contributed by atoms with van der Waals surface area (Å²) in [6.45, 7) is 1.67. The minimum absolute atomic E-state index is 0.156. The fourth-order valence-corrected chi connectivity index (χ4v) is 2.15. The third-order valence-electron chi connectivity index (χ3n) is 2.55. The van der Waals surface area contributed by atoms with Crippen molar-refractivity contribution in [2.45, 2.75) is 6.54 Å². The molecule has 2 atom stereocenters. The lowest BCUT2D eigenvalue weighted by Crippen LogP contribution is -2.33. The summed E-state index contributed by atoms with van der Waals surface area (Å²) in [5.41, 5.74) is 5.35. The van der Waals surface area contributed by atoms with Crippen LogP contribution in [0.3, 0.4) is 0 Å². The highest BCUT2D eigenvalue weighted by atomic mass is 31.1. The van der Waals surface area contributed by atoms with E-state index in [1.165, 1.54) is 0 Å². The quantitative estimate of drug-likeness (QED) is 0.528. The van der Waals surface area contributed by atoms with Gasteiger partial charge in [0.25, 0.3) is 5.91 Å². The zero-order chi connectivity index (χ0) is 12.4. The van der Waals surface area contributed by atoms with Crippen molar-refractivity contribution in [3.8, 4) is 0 Å². The number of carbonyl (C=O) groups is 1. The average molecular weight is 258 g/mol. The molecule has 0 bridgehead atoms. The van der Waals surface area contributed by atoms with Gasteiger partial charge in [-0.15, -0.1) is 4.89 Å². The second-order valence-corrected chi connectivity index (χ2v) is 4.71. The number of hydrogen-bond acceptors (Lipinski definition) is 4. The summed E-state index contributed by atoms with van der Waals surface area (Å²) >= 11 is 0. The molecule has 0 aliphatic carbocycles. The Morgan fingerprint density at radius 3 is 3.24 bits per heavy atom. The van der Waals surface area contributed by atoms with Gasteiger partial charge in [0.15, 0.2) is 0 Å². The Hall–Kier alpha value is -1.50. The van der Waals surface area contributed by atoms with Crippen LogP contribution in [0.1, 0.15) is 10.5 Å². The van der Waals surface area contributed by atoms with Crippen LogP contribution in [0.25, 0.3) is 0 Å². The number of primary amides is 1. The highest BCUT2D eigenvalue weighted by molar-refractivity contribution is 7.35. The minimum atomic E-state index is -2.32. The molecule has 2 heterocycles. The molecule has 1 aromatic heterocycles. The maximum Gasteiger partial charge on any atom is 0.610 e. The van der Waals surface area contributed by atoms with E-state index in [0.29, 0.717) is 25.6 Å². The van der Waals surface area contributed by atoms with Crippen molar-refractivity contribution in [3.63, 3.8) is 0 Å². The Morgan fingerprint density at radius 2 is 2.59 bits per heavy atom. The van der Waals surface area contributed by atoms with Gasteiger partial charge >= 0.3 is 8.18 Å². The van der Waals surface area contributed by atoms with Gasteiger partial charge in [0, 0.05) is 31.7 Å². The molecule has 17 heavy (non-hydrogen) atoms. The summed E-state index contributed by atoms with van der Waals surface area (Å²) in [7, 11) is -2.32. The van der Waals surface area contributed by atoms with Crippen LogP contribution in [-0.2, 0) is 11.1 Å². The molecule has 5 N–H and O–H groups in total. The molecule has 1 amide bonds. The summed E-state index contributed by atoms with van der Waals surface area (Å²) in [4.78, 5) is 23.6. The number of nitrogens with one attached hydrogen (secondary N) is 2. The van der Waals surface area contributed by atoms with Crippen LogP contribution in [-0.4, -0.2) is 33.4 Å². The monoisotopic (exact) mass is 258 g/mol. The van der Waals surface area contributed by atoms with E-state index in [0.717, 1.165) is 0 Å². The largest absolute Gasteiger partial charge is 0.610 e. The van der Waals surface area contributed by atoms with Crippen molar-refractivity contribution in [2.75, 3.05) is 18.4 Å². The molecule has 0 aromatic carbocycles. The van der Waals surface area contributed by atoms with Crippen LogP contribution in [0.5, 0.6) is 0 Å². The zero-order valence-electron chi connectivity index (χ0n) is 8.96. The minimum Gasteiger partial charge on any atom is -0.364 e. The van der Waals surface area contributed by atoms with E-state index in [9.17, 15) is 9.36 Å². The number of hydrogen-bond donors (Lipinski definition) is 4. The molecule has 2 unspecified atom stereocenters. The number of nitrogens with zero attached hydrogens (tertiary/aromatic N) is 2. The summed E-state index contributed by atoms with van der Waals surface area (Å²) in [5.74, 6) is 0.189. The SMILES string of the molecule is NC(=O)c1cn2c(n1)NCC(CN[P+](=O)O)C2. The van der Waals surface area contributed by atoms with Gasteiger partial charge in [-0.1, -0.05) is 5.09 Å². The van der Waals surface area contributed by atoms with Crippen LogP contribution in [0.15, 0.2) is 6.20 Å². The molecule has 0 saturated carbocycles. The fourth-order valence-electron chi connectivity index (χ4n) is 1.74. The maximum absolute atomic E-state index is 10.9. The van der Waals surface area contributed by atoms with Gasteiger partial charge in [-0.3, -0.25) is 4.79 Å². The first kappa shape index (κ1) is 12.0. The standard InChI is InChI=1S/C8H12N5O3P/c9-7(14)6-4-13-3-5(2-11-17(15)16)1-10-8(13)12-6/h4-5H,1-3H2,(H4-,9,10,11,12,14,15,16)/p+1. The summed E-state index contributed by atoms with van der Waals surface area (Å²) in [6.07, 6.45) is 1.58. The third kappa shape index (κ3) is 2.79. The first-order chi connectivity index (χ1) is 8.06. The highest BCUT2D eigenvalue weighted by Crippen LogP contribution is 2.18. The van der Waals surface area contributed by atoms with E-state index in [1.807, 2.05) is 0 Å². The van der Waals surface area contributed by atoms with E-state index in [-0.39, 0.29) is 11.6 Å². The number of carbonyl (C=O) groups excluding carboxylic acids is 1. The molecule has 0 radical (unpaired) electrons. The molecule has 2 rings (SSSR count). The number of anilines is 1. The van der Waals surface area contributed by atoms with Gasteiger partial charge in [-0.2, -0.15) is 0 Å². The lowest BCUT2D eigenvalue weighted by molar-refractivity contribution is 0.0996. The predicted octanol–water partition coefficient (Wildman–Crippen LogP) is -0.737. The van der Waals surface area contributed by atoms with Crippen molar-refractivity contribution >= 4 is 20.0 Å². The zero-order valence-corrected chi connectivity index (χ0v) is 9.85. The van der Waals surface area contributed by atoms with E-state index in [2.05, 4.69) is 15.4 Å². The third-order valence-corrected chi connectivity index (χ3v) is 3.00. The summed E-state index contributed by atoms with van der Waals surface area (Å²) in [5, 5.41) is 5.51. The normalized spacial score (nSPS) is 19.4. The molecule has 1 aromatic rings. The van der Waals surface area contributed by atoms with Gasteiger partial charge in [0.05, 0.1) is 0 Å². The van der Waals surface area contributed by atoms with Crippen molar-refractivity contribution in [3.05, 3.63) is 11.9 Å². The second-order valence-electron chi connectivity index (χ2n) is 3.85. The van der Waals surface area contributed by atoms with Gasteiger partial charge in [-0.25, -0.2) is 4.98 Å². The molecule has 1 aliphatic heterocycles. The van der Waals surface area contributed by atoms with E-state index < -0.39 is 14.1 Å². The average Bonchev–Trinajstić information content (AvgIpc) is 2.69. The van der Waals surface area contributed by atoms with Crippen LogP contribution in [0, 0.1) is 5.92 Å². The molecular formula is C8H13N5O3P+. The van der Waals surface area contributed by atoms with Gasteiger partial charge < -0.3 is 15.6 Å². The van der Waals surface area contributed by atoms with Crippen molar-refractivity contribution in [1.82, 2.24) is 14.6 Å². The number of imidazole rings is 1. The topological polar surface area (TPSA) is 122 Å². The van der Waals surface area contributed by atoms with Crippen molar-refractivity contribution < 1.29 is 14.3 Å².